The smallest absolute Gasteiger partial charge is 0.246 e. The van der Waals surface area contributed by atoms with Crippen LogP contribution in [0.3, 0.4) is 0 Å². The molecule has 0 saturated carbocycles. The summed E-state index contributed by atoms with van der Waals surface area (Å²) in [6, 6.07) is 9.44. The Morgan fingerprint density at radius 2 is 1.87 bits per heavy atom. The Hall–Kier alpha value is -3.00. The largest absolute Gasteiger partial charge is 0.374 e. The Bertz CT molecular complexity index is 1020. The van der Waals surface area contributed by atoms with E-state index in [1.165, 1.54) is 23.1 Å². The van der Waals surface area contributed by atoms with Gasteiger partial charge in [-0.15, -0.1) is 5.10 Å². The van der Waals surface area contributed by atoms with Crippen molar-refractivity contribution in [2.75, 3.05) is 23.3 Å². The zero-order valence-electron chi connectivity index (χ0n) is 17.3. The molecule has 1 N–H and O–H groups in total. The van der Waals surface area contributed by atoms with E-state index in [0.717, 1.165) is 42.5 Å². The van der Waals surface area contributed by atoms with E-state index in [1.54, 1.807) is 0 Å². The first-order chi connectivity index (χ1) is 14.4. The maximum atomic E-state index is 13.5. The number of halogens is 2. The summed E-state index contributed by atoms with van der Waals surface area (Å²) in [6.45, 7) is 7.91. The van der Waals surface area contributed by atoms with Crippen molar-refractivity contribution < 1.29 is 13.5 Å². The van der Waals surface area contributed by atoms with Gasteiger partial charge in [0.25, 0.3) is 0 Å². The Morgan fingerprint density at radius 1 is 1.10 bits per heavy atom. The first-order valence-electron chi connectivity index (χ1n) is 10.0. The minimum Gasteiger partial charge on any atom is -0.374 e. The van der Waals surface area contributed by atoms with Crippen molar-refractivity contribution in [2.45, 2.75) is 39.4 Å². The first kappa shape index (κ1) is 20.3. The number of ether oxygens (including phenoxy) is 1. The molecule has 2 aromatic carbocycles. The Morgan fingerprint density at radius 3 is 2.60 bits per heavy atom. The SMILES string of the molecule is Cc1ccc(N2CC[C@@H](OC(C)C)C2)cc1Nc1ncn(-c2cc(F)cc(F)c2)n1. The molecule has 0 spiro atoms. The minimum absolute atomic E-state index is 0.220. The lowest BCUT2D eigenvalue weighted by Crippen LogP contribution is -2.24. The zero-order chi connectivity index (χ0) is 21.3. The maximum Gasteiger partial charge on any atom is 0.246 e. The van der Waals surface area contributed by atoms with Gasteiger partial charge in [0.2, 0.25) is 5.95 Å². The van der Waals surface area contributed by atoms with Crippen molar-refractivity contribution >= 4 is 17.3 Å². The van der Waals surface area contributed by atoms with Crippen LogP contribution in [0.15, 0.2) is 42.7 Å². The topological polar surface area (TPSA) is 55.2 Å². The van der Waals surface area contributed by atoms with E-state index in [9.17, 15) is 8.78 Å². The highest BCUT2D eigenvalue weighted by molar-refractivity contribution is 5.66. The van der Waals surface area contributed by atoms with E-state index < -0.39 is 11.6 Å². The molecule has 30 heavy (non-hydrogen) atoms. The van der Waals surface area contributed by atoms with Gasteiger partial charge in [-0.1, -0.05) is 6.07 Å². The van der Waals surface area contributed by atoms with Crippen LogP contribution in [0, 0.1) is 18.6 Å². The number of hydrogen-bond acceptors (Lipinski definition) is 5. The van der Waals surface area contributed by atoms with Crippen molar-refractivity contribution in [3.8, 4) is 5.69 Å². The fourth-order valence-electron chi connectivity index (χ4n) is 3.64. The van der Waals surface area contributed by atoms with E-state index in [-0.39, 0.29) is 17.9 Å². The van der Waals surface area contributed by atoms with Gasteiger partial charge in [0, 0.05) is 30.5 Å². The summed E-state index contributed by atoms with van der Waals surface area (Å²) in [5.41, 5.74) is 3.29. The van der Waals surface area contributed by atoms with E-state index in [0.29, 0.717) is 5.95 Å². The summed E-state index contributed by atoms with van der Waals surface area (Å²) < 4.78 is 34.2. The summed E-state index contributed by atoms with van der Waals surface area (Å²) in [6.07, 6.45) is 2.89. The van der Waals surface area contributed by atoms with Crippen LogP contribution in [0.25, 0.3) is 5.69 Å². The number of anilines is 3. The second kappa shape index (κ2) is 8.39. The van der Waals surface area contributed by atoms with Crippen molar-refractivity contribution in [3.63, 3.8) is 0 Å². The number of nitrogens with zero attached hydrogens (tertiary/aromatic N) is 4. The fourth-order valence-corrected chi connectivity index (χ4v) is 3.64. The molecule has 4 rings (SSSR count). The van der Waals surface area contributed by atoms with Gasteiger partial charge in [-0.3, -0.25) is 0 Å². The normalized spacial score (nSPS) is 16.5. The summed E-state index contributed by atoms with van der Waals surface area (Å²) in [7, 11) is 0. The lowest BCUT2D eigenvalue weighted by atomic mass is 10.1. The van der Waals surface area contributed by atoms with E-state index in [2.05, 4.69) is 46.3 Å². The molecule has 1 aliphatic heterocycles. The highest BCUT2D eigenvalue weighted by atomic mass is 19.1. The van der Waals surface area contributed by atoms with Crippen molar-refractivity contribution in [1.29, 1.82) is 0 Å². The Balaban J connectivity index is 1.50. The minimum atomic E-state index is -0.663. The third-order valence-corrected chi connectivity index (χ3v) is 5.05. The molecule has 1 aromatic heterocycles. The summed E-state index contributed by atoms with van der Waals surface area (Å²) in [5, 5.41) is 7.51. The average Bonchev–Trinajstić information content (AvgIpc) is 3.32. The zero-order valence-corrected chi connectivity index (χ0v) is 17.3. The molecule has 3 aromatic rings. The number of benzene rings is 2. The van der Waals surface area contributed by atoms with Crippen LogP contribution in [0.1, 0.15) is 25.8 Å². The number of aryl methyl sites for hydroxylation is 1. The quantitative estimate of drug-likeness (QED) is 0.640. The molecule has 2 heterocycles. The molecule has 1 saturated heterocycles. The molecule has 0 bridgehead atoms. The highest BCUT2D eigenvalue weighted by Crippen LogP contribution is 2.28. The lowest BCUT2D eigenvalue weighted by molar-refractivity contribution is 0.0210. The van der Waals surface area contributed by atoms with Gasteiger partial charge >= 0.3 is 0 Å². The summed E-state index contributed by atoms with van der Waals surface area (Å²) in [4.78, 5) is 6.53. The van der Waals surface area contributed by atoms with Gasteiger partial charge in [0.1, 0.15) is 18.0 Å². The van der Waals surface area contributed by atoms with Crippen LogP contribution in [0.4, 0.5) is 26.1 Å². The molecule has 0 aliphatic carbocycles. The van der Waals surface area contributed by atoms with Crippen molar-refractivity contribution in [1.82, 2.24) is 14.8 Å². The van der Waals surface area contributed by atoms with Crippen molar-refractivity contribution in [3.05, 3.63) is 59.9 Å². The van der Waals surface area contributed by atoms with E-state index in [4.69, 9.17) is 4.74 Å². The van der Waals surface area contributed by atoms with Crippen LogP contribution < -0.4 is 10.2 Å². The second-order valence-corrected chi connectivity index (χ2v) is 7.81. The van der Waals surface area contributed by atoms with Crippen LogP contribution in [0.2, 0.25) is 0 Å². The third kappa shape index (κ3) is 4.59. The molecular weight excluding hydrogens is 388 g/mol. The Kier molecular flexibility index (Phi) is 5.67. The number of rotatable bonds is 6. The van der Waals surface area contributed by atoms with Crippen molar-refractivity contribution in [2.24, 2.45) is 0 Å². The molecule has 158 valence electrons. The average molecular weight is 413 g/mol. The second-order valence-electron chi connectivity index (χ2n) is 7.81. The van der Waals surface area contributed by atoms with Gasteiger partial charge in [-0.05, 0) is 57.0 Å². The molecule has 0 amide bonds. The van der Waals surface area contributed by atoms with Gasteiger partial charge < -0.3 is 15.0 Å². The first-order valence-corrected chi connectivity index (χ1v) is 10.0. The number of nitrogens with one attached hydrogen (secondary N) is 1. The van der Waals surface area contributed by atoms with Gasteiger partial charge in [0.05, 0.1) is 17.9 Å². The molecule has 1 atom stereocenters. The fraction of sp³-hybridized carbons (Fsp3) is 0.364. The molecule has 8 heteroatoms. The van der Waals surface area contributed by atoms with Gasteiger partial charge in [0.15, 0.2) is 0 Å². The van der Waals surface area contributed by atoms with Gasteiger partial charge in [-0.2, -0.15) is 4.98 Å². The third-order valence-electron chi connectivity index (χ3n) is 5.05. The van der Waals surface area contributed by atoms with Gasteiger partial charge in [-0.25, -0.2) is 13.5 Å². The van der Waals surface area contributed by atoms with E-state index in [1.807, 2.05) is 13.0 Å². The van der Waals surface area contributed by atoms with E-state index >= 15 is 0 Å². The monoisotopic (exact) mass is 413 g/mol. The summed E-state index contributed by atoms with van der Waals surface area (Å²) in [5.74, 6) is -0.977. The standard InChI is InChI=1S/C22H25F2N5O/c1-14(2)30-20-6-7-28(12-20)18-5-4-15(3)21(11-18)26-22-25-13-29(27-22)19-9-16(23)8-17(24)10-19/h4-5,8-11,13-14,20H,6-7,12H2,1-3H3,(H,26,27)/t20-/m1/s1. The molecule has 1 fully saturated rings. The van der Waals surface area contributed by atoms with Crippen LogP contribution in [-0.2, 0) is 4.74 Å². The molecule has 0 radical (unpaired) electrons. The Labute approximate surface area is 174 Å². The molecule has 6 nitrogen and oxygen atoms in total. The summed E-state index contributed by atoms with van der Waals surface area (Å²) >= 11 is 0. The number of aromatic nitrogens is 3. The predicted molar refractivity (Wildman–Crippen MR) is 113 cm³/mol. The van der Waals surface area contributed by atoms with Crippen LogP contribution in [0.5, 0.6) is 0 Å². The molecular formula is C22H25F2N5O. The number of hydrogen-bond donors (Lipinski definition) is 1. The predicted octanol–water partition coefficient (Wildman–Crippen LogP) is 4.60. The van der Waals surface area contributed by atoms with Crippen LogP contribution in [-0.4, -0.2) is 40.1 Å². The molecule has 1 aliphatic rings. The highest BCUT2D eigenvalue weighted by Gasteiger charge is 2.24. The molecule has 0 unspecified atom stereocenters. The maximum absolute atomic E-state index is 13.5. The lowest BCUT2D eigenvalue weighted by Gasteiger charge is -2.21. The van der Waals surface area contributed by atoms with Crippen LogP contribution >= 0.6 is 0 Å².